The Labute approximate surface area is 174 Å². The van der Waals surface area contributed by atoms with Gasteiger partial charge in [0, 0.05) is 55.2 Å². The Bertz CT molecular complexity index is 895. The number of non-ortho nitro benzene ring substituents is 1. The van der Waals surface area contributed by atoms with E-state index in [1.807, 2.05) is 24.3 Å². The van der Waals surface area contributed by atoms with Gasteiger partial charge >= 0.3 is 0 Å². The molecular formula is C20H23N5O3S. The van der Waals surface area contributed by atoms with E-state index < -0.39 is 10.8 Å². The molecule has 0 atom stereocenters. The molecule has 2 aromatic rings. The highest BCUT2D eigenvalue weighted by atomic mass is 32.1. The minimum absolute atomic E-state index is 0.130. The zero-order valence-corrected chi connectivity index (χ0v) is 16.9. The van der Waals surface area contributed by atoms with Crippen molar-refractivity contribution in [2.75, 3.05) is 42.9 Å². The van der Waals surface area contributed by atoms with Crippen molar-refractivity contribution in [3.63, 3.8) is 0 Å². The highest BCUT2D eigenvalue weighted by Crippen LogP contribution is 2.19. The lowest BCUT2D eigenvalue weighted by Crippen LogP contribution is -2.46. The van der Waals surface area contributed by atoms with Gasteiger partial charge in [0.15, 0.2) is 5.11 Å². The number of nitrogens with one attached hydrogen (secondary N) is 2. The maximum absolute atomic E-state index is 12.3. The van der Waals surface area contributed by atoms with Gasteiger partial charge in [-0.1, -0.05) is 13.0 Å². The predicted octanol–water partition coefficient (Wildman–Crippen LogP) is 2.86. The first-order valence-electron chi connectivity index (χ1n) is 9.40. The first-order valence-corrected chi connectivity index (χ1v) is 9.81. The van der Waals surface area contributed by atoms with Crippen molar-refractivity contribution < 1.29 is 9.72 Å². The molecule has 1 fully saturated rings. The van der Waals surface area contributed by atoms with Crippen LogP contribution in [0.2, 0.25) is 0 Å². The number of nitro groups is 1. The zero-order valence-electron chi connectivity index (χ0n) is 16.1. The average molecular weight is 414 g/mol. The Kier molecular flexibility index (Phi) is 6.73. The van der Waals surface area contributed by atoms with Gasteiger partial charge in [0.2, 0.25) is 0 Å². The molecule has 9 heteroatoms. The summed E-state index contributed by atoms with van der Waals surface area (Å²) in [7, 11) is 0. The first kappa shape index (κ1) is 20.7. The Morgan fingerprint density at radius 1 is 1.14 bits per heavy atom. The third-order valence-corrected chi connectivity index (χ3v) is 5.06. The Balaban J connectivity index is 1.55. The summed E-state index contributed by atoms with van der Waals surface area (Å²) in [4.78, 5) is 27.3. The maximum atomic E-state index is 12.3. The van der Waals surface area contributed by atoms with E-state index in [2.05, 4.69) is 27.4 Å². The molecule has 3 rings (SSSR count). The first-order chi connectivity index (χ1) is 14.0. The molecule has 152 valence electrons. The summed E-state index contributed by atoms with van der Waals surface area (Å²) in [6.07, 6.45) is 0. The van der Waals surface area contributed by atoms with Gasteiger partial charge in [0.25, 0.3) is 11.6 Å². The number of likely N-dealkylation sites (N-methyl/N-ethyl adjacent to an activating group) is 1. The van der Waals surface area contributed by atoms with Crippen LogP contribution in [0.5, 0.6) is 0 Å². The minimum atomic E-state index is -0.545. The van der Waals surface area contributed by atoms with E-state index in [0.717, 1.165) is 44.1 Å². The zero-order chi connectivity index (χ0) is 20.8. The molecule has 0 aromatic heterocycles. The Morgan fingerprint density at radius 2 is 1.83 bits per heavy atom. The van der Waals surface area contributed by atoms with Crippen LogP contribution in [0.3, 0.4) is 0 Å². The lowest BCUT2D eigenvalue weighted by molar-refractivity contribution is -0.384. The number of hydrogen-bond donors (Lipinski definition) is 2. The smallest absolute Gasteiger partial charge is 0.270 e. The predicted molar refractivity (Wildman–Crippen MR) is 118 cm³/mol. The molecule has 1 amide bonds. The highest BCUT2D eigenvalue weighted by molar-refractivity contribution is 7.80. The van der Waals surface area contributed by atoms with E-state index in [4.69, 9.17) is 12.2 Å². The van der Waals surface area contributed by atoms with E-state index in [1.54, 1.807) is 0 Å². The normalized spacial score (nSPS) is 14.3. The third-order valence-electron chi connectivity index (χ3n) is 4.86. The van der Waals surface area contributed by atoms with Crippen LogP contribution in [0.25, 0.3) is 0 Å². The number of hydrogen-bond acceptors (Lipinski definition) is 6. The molecule has 1 aliphatic heterocycles. The van der Waals surface area contributed by atoms with E-state index in [0.29, 0.717) is 0 Å². The number of carbonyl (C=O) groups is 1. The number of carbonyl (C=O) groups excluding carboxylic acids is 1. The van der Waals surface area contributed by atoms with Gasteiger partial charge in [0.05, 0.1) is 4.92 Å². The molecule has 0 radical (unpaired) electrons. The molecule has 0 bridgehead atoms. The molecule has 1 saturated heterocycles. The SMILES string of the molecule is CCN1CCN(c2ccc(NC(=S)NC(=O)c3cccc([N+](=O)[O-])c3)cc2)CC1. The average Bonchev–Trinajstić information content (AvgIpc) is 2.74. The van der Waals surface area contributed by atoms with Crippen LogP contribution < -0.4 is 15.5 Å². The summed E-state index contributed by atoms with van der Waals surface area (Å²) >= 11 is 5.19. The quantitative estimate of drug-likeness (QED) is 0.442. The fourth-order valence-electron chi connectivity index (χ4n) is 3.18. The van der Waals surface area contributed by atoms with Crippen LogP contribution in [0.15, 0.2) is 48.5 Å². The third kappa shape index (κ3) is 5.49. The Hall–Kier alpha value is -3.04. The summed E-state index contributed by atoms with van der Waals surface area (Å²) in [5.41, 5.74) is 1.93. The van der Waals surface area contributed by atoms with Gasteiger partial charge in [-0.05, 0) is 49.1 Å². The van der Waals surface area contributed by atoms with Gasteiger partial charge in [-0.2, -0.15) is 0 Å². The lowest BCUT2D eigenvalue weighted by Gasteiger charge is -2.35. The number of rotatable bonds is 5. The van der Waals surface area contributed by atoms with Crippen LogP contribution >= 0.6 is 12.2 Å². The molecule has 0 aliphatic carbocycles. The summed E-state index contributed by atoms with van der Waals surface area (Å²) in [5, 5.41) is 16.5. The molecule has 1 aliphatic rings. The van der Waals surface area contributed by atoms with Gasteiger partial charge < -0.3 is 15.1 Å². The Morgan fingerprint density at radius 3 is 2.45 bits per heavy atom. The number of benzene rings is 2. The fourth-order valence-corrected chi connectivity index (χ4v) is 3.39. The second-order valence-electron chi connectivity index (χ2n) is 6.68. The van der Waals surface area contributed by atoms with E-state index in [9.17, 15) is 14.9 Å². The van der Waals surface area contributed by atoms with E-state index in [-0.39, 0.29) is 16.4 Å². The monoisotopic (exact) mass is 413 g/mol. The lowest BCUT2D eigenvalue weighted by atomic mass is 10.2. The molecule has 1 heterocycles. The molecule has 2 N–H and O–H groups in total. The summed E-state index contributed by atoms with van der Waals surface area (Å²) < 4.78 is 0. The van der Waals surface area contributed by atoms with Crippen LogP contribution in [0.1, 0.15) is 17.3 Å². The minimum Gasteiger partial charge on any atom is -0.369 e. The number of piperazine rings is 1. The maximum Gasteiger partial charge on any atom is 0.270 e. The fraction of sp³-hybridized carbons (Fsp3) is 0.300. The molecule has 8 nitrogen and oxygen atoms in total. The van der Waals surface area contributed by atoms with Crippen molar-refractivity contribution >= 4 is 40.3 Å². The van der Waals surface area contributed by atoms with Crippen molar-refractivity contribution in [1.29, 1.82) is 0 Å². The van der Waals surface area contributed by atoms with Crippen LogP contribution in [-0.2, 0) is 0 Å². The van der Waals surface area contributed by atoms with E-state index >= 15 is 0 Å². The van der Waals surface area contributed by atoms with Crippen molar-refractivity contribution in [2.45, 2.75) is 6.92 Å². The van der Waals surface area contributed by atoms with Gasteiger partial charge in [-0.15, -0.1) is 0 Å². The van der Waals surface area contributed by atoms with Gasteiger partial charge in [0.1, 0.15) is 0 Å². The van der Waals surface area contributed by atoms with Crippen molar-refractivity contribution in [2.24, 2.45) is 0 Å². The molecule has 29 heavy (non-hydrogen) atoms. The number of anilines is 2. The largest absolute Gasteiger partial charge is 0.369 e. The summed E-state index contributed by atoms with van der Waals surface area (Å²) in [6.45, 7) is 7.37. The van der Waals surface area contributed by atoms with Crippen molar-refractivity contribution in [1.82, 2.24) is 10.2 Å². The van der Waals surface area contributed by atoms with Gasteiger partial charge in [-0.25, -0.2) is 0 Å². The summed E-state index contributed by atoms with van der Waals surface area (Å²) in [6, 6.07) is 13.4. The molecule has 0 saturated carbocycles. The standard InChI is InChI=1S/C20H23N5O3S/c1-2-23-10-12-24(13-11-23)17-8-6-16(7-9-17)21-20(29)22-19(26)15-4-3-5-18(14-15)25(27)28/h3-9,14H,2,10-13H2,1H3,(H2,21,22,26,29). The number of amides is 1. The number of nitrogens with zero attached hydrogens (tertiary/aromatic N) is 3. The number of nitro benzene ring substituents is 1. The second-order valence-corrected chi connectivity index (χ2v) is 7.09. The molecular weight excluding hydrogens is 390 g/mol. The highest BCUT2D eigenvalue weighted by Gasteiger charge is 2.16. The summed E-state index contributed by atoms with van der Waals surface area (Å²) in [5.74, 6) is -0.503. The topological polar surface area (TPSA) is 90.8 Å². The second kappa shape index (κ2) is 9.44. The number of thiocarbonyl (C=S) groups is 1. The molecule has 0 unspecified atom stereocenters. The van der Waals surface area contributed by atoms with Gasteiger partial charge in [-0.3, -0.25) is 20.2 Å². The van der Waals surface area contributed by atoms with Crippen molar-refractivity contribution in [3.05, 3.63) is 64.2 Å². The molecule has 2 aromatic carbocycles. The van der Waals surface area contributed by atoms with Crippen LogP contribution in [0.4, 0.5) is 17.1 Å². The van der Waals surface area contributed by atoms with Crippen molar-refractivity contribution in [3.8, 4) is 0 Å². The van der Waals surface area contributed by atoms with E-state index in [1.165, 1.54) is 24.3 Å². The van der Waals surface area contributed by atoms with Crippen LogP contribution in [-0.4, -0.2) is 53.6 Å². The molecule has 0 spiro atoms. The van der Waals surface area contributed by atoms with Crippen LogP contribution in [0, 0.1) is 10.1 Å².